The zero-order valence-corrected chi connectivity index (χ0v) is 8.08. The summed E-state index contributed by atoms with van der Waals surface area (Å²) in [5, 5.41) is 0. The summed E-state index contributed by atoms with van der Waals surface area (Å²) in [6.45, 7) is 2.27. The first-order valence-corrected chi connectivity index (χ1v) is 4.51. The number of likely N-dealkylation sites (tertiary alicyclic amines) is 1. The summed E-state index contributed by atoms with van der Waals surface area (Å²) in [4.78, 5) is 23.7. The van der Waals surface area contributed by atoms with E-state index < -0.39 is 11.9 Å². The molecule has 13 heavy (non-hydrogen) atoms. The molecule has 0 bridgehead atoms. The Bertz CT molecular complexity index is 215. The van der Waals surface area contributed by atoms with Crippen molar-refractivity contribution in [3.63, 3.8) is 0 Å². The molecule has 4 heteroatoms. The second-order valence-corrected chi connectivity index (χ2v) is 3.45. The molecule has 74 valence electrons. The third-order valence-electron chi connectivity index (χ3n) is 2.33. The molecule has 0 aromatic rings. The van der Waals surface area contributed by atoms with Gasteiger partial charge in [-0.25, -0.2) is 0 Å². The zero-order valence-electron chi connectivity index (χ0n) is 8.08. The van der Waals surface area contributed by atoms with Gasteiger partial charge in [0.05, 0.1) is 6.42 Å². The summed E-state index contributed by atoms with van der Waals surface area (Å²) in [5.41, 5.74) is 0. The van der Waals surface area contributed by atoms with Crippen molar-refractivity contribution in [2.24, 2.45) is 0 Å². The van der Waals surface area contributed by atoms with Crippen molar-refractivity contribution < 1.29 is 14.3 Å². The molecule has 1 fully saturated rings. The Balaban J connectivity index is 2.31. The van der Waals surface area contributed by atoms with Gasteiger partial charge >= 0.3 is 11.9 Å². The van der Waals surface area contributed by atoms with Crippen LogP contribution in [0.1, 0.15) is 26.2 Å². The largest absolute Gasteiger partial charge is 0.393 e. The van der Waals surface area contributed by atoms with Gasteiger partial charge in [-0.1, -0.05) is 0 Å². The van der Waals surface area contributed by atoms with Crippen molar-refractivity contribution in [2.75, 3.05) is 13.6 Å². The lowest BCUT2D eigenvalue weighted by atomic mass is 10.1. The second kappa shape index (κ2) is 4.37. The number of nitrogens with zero attached hydrogens (tertiary/aromatic N) is 1. The fourth-order valence-corrected chi connectivity index (χ4v) is 1.63. The molecule has 1 saturated heterocycles. The molecule has 1 heterocycles. The summed E-state index contributed by atoms with van der Waals surface area (Å²) >= 11 is 0. The van der Waals surface area contributed by atoms with Gasteiger partial charge in [-0.3, -0.25) is 9.59 Å². The maximum Gasteiger partial charge on any atom is 0.315 e. The van der Waals surface area contributed by atoms with E-state index in [1.54, 1.807) is 0 Å². The van der Waals surface area contributed by atoms with Crippen molar-refractivity contribution in [3.8, 4) is 0 Å². The minimum atomic E-state index is -0.523. The highest BCUT2D eigenvalue weighted by molar-refractivity contribution is 5.84. The highest BCUT2D eigenvalue weighted by Gasteiger charge is 2.24. The van der Waals surface area contributed by atoms with Gasteiger partial charge < -0.3 is 9.64 Å². The average Bonchev–Trinajstić information content (AvgIpc) is 2.34. The maximum atomic E-state index is 11.1. The van der Waals surface area contributed by atoms with Crippen LogP contribution in [0.25, 0.3) is 0 Å². The summed E-state index contributed by atoms with van der Waals surface area (Å²) in [5.74, 6) is -0.933. The minimum absolute atomic E-state index is 0.256. The Kier molecular flexibility index (Phi) is 3.42. The number of ether oxygens (including phenoxy) is 1. The number of hydrogen-bond donors (Lipinski definition) is 0. The van der Waals surface area contributed by atoms with Crippen LogP contribution in [-0.2, 0) is 14.3 Å². The number of hydrogen-bond acceptors (Lipinski definition) is 4. The number of esters is 2. The third kappa shape index (κ3) is 3.14. The van der Waals surface area contributed by atoms with Crippen LogP contribution in [-0.4, -0.2) is 36.5 Å². The van der Waals surface area contributed by atoms with E-state index in [4.69, 9.17) is 0 Å². The molecule has 0 aliphatic carbocycles. The van der Waals surface area contributed by atoms with E-state index in [2.05, 4.69) is 9.64 Å². The van der Waals surface area contributed by atoms with Crippen LogP contribution in [0.3, 0.4) is 0 Å². The van der Waals surface area contributed by atoms with Crippen molar-refractivity contribution in [1.29, 1.82) is 0 Å². The molecule has 1 atom stereocenters. The van der Waals surface area contributed by atoms with Gasteiger partial charge in [0.25, 0.3) is 0 Å². The molecule has 0 aromatic carbocycles. The molecule has 0 aromatic heterocycles. The highest BCUT2D eigenvalue weighted by atomic mass is 16.6. The lowest BCUT2D eigenvalue weighted by Crippen LogP contribution is -2.28. The zero-order chi connectivity index (χ0) is 9.84. The Morgan fingerprint density at radius 1 is 1.54 bits per heavy atom. The first-order valence-electron chi connectivity index (χ1n) is 4.51. The van der Waals surface area contributed by atoms with E-state index in [-0.39, 0.29) is 6.04 Å². The molecule has 0 spiro atoms. The van der Waals surface area contributed by atoms with Gasteiger partial charge in [0.15, 0.2) is 0 Å². The van der Waals surface area contributed by atoms with Crippen LogP contribution in [0, 0.1) is 0 Å². The molecular formula is C9H15NO3. The number of rotatable bonds is 2. The first-order chi connectivity index (χ1) is 6.09. The Hall–Kier alpha value is -0.900. The fourth-order valence-electron chi connectivity index (χ4n) is 1.63. The van der Waals surface area contributed by atoms with Gasteiger partial charge in [-0.05, 0) is 26.4 Å². The maximum absolute atomic E-state index is 11.1. The smallest absolute Gasteiger partial charge is 0.315 e. The van der Waals surface area contributed by atoms with Crippen LogP contribution in [0.5, 0.6) is 0 Å². The van der Waals surface area contributed by atoms with Crippen LogP contribution in [0.4, 0.5) is 0 Å². The summed E-state index contributed by atoms with van der Waals surface area (Å²) in [6, 6.07) is 0.256. The predicted molar refractivity (Wildman–Crippen MR) is 47.0 cm³/mol. The van der Waals surface area contributed by atoms with E-state index in [1.807, 2.05) is 7.05 Å². The lowest BCUT2D eigenvalue weighted by molar-refractivity contribution is -0.158. The Labute approximate surface area is 77.8 Å². The standard InChI is InChI=1S/C9H15NO3/c1-7(11)13-9(12)6-8-4-3-5-10(8)2/h8H,3-6H2,1-2H3. The van der Waals surface area contributed by atoms with Crippen LogP contribution in [0.2, 0.25) is 0 Å². The molecule has 1 aliphatic heterocycles. The van der Waals surface area contributed by atoms with E-state index in [0.717, 1.165) is 19.4 Å². The van der Waals surface area contributed by atoms with Gasteiger partial charge in [0.2, 0.25) is 0 Å². The molecule has 0 saturated carbocycles. The fraction of sp³-hybridized carbons (Fsp3) is 0.778. The van der Waals surface area contributed by atoms with Gasteiger partial charge in [-0.15, -0.1) is 0 Å². The van der Waals surface area contributed by atoms with Gasteiger partial charge in [-0.2, -0.15) is 0 Å². The van der Waals surface area contributed by atoms with E-state index in [1.165, 1.54) is 6.92 Å². The molecular weight excluding hydrogens is 170 g/mol. The van der Waals surface area contributed by atoms with Crippen LogP contribution >= 0.6 is 0 Å². The van der Waals surface area contributed by atoms with Gasteiger partial charge in [0.1, 0.15) is 0 Å². The van der Waals surface area contributed by atoms with Gasteiger partial charge in [0, 0.05) is 13.0 Å². The highest BCUT2D eigenvalue weighted by Crippen LogP contribution is 2.17. The quantitative estimate of drug-likeness (QED) is 0.466. The molecule has 4 nitrogen and oxygen atoms in total. The van der Waals surface area contributed by atoms with Crippen molar-refractivity contribution in [3.05, 3.63) is 0 Å². The summed E-state index contributed by atoms with van der Waals surface area (Å²) in [6.07, 6.45) is 2.47. The molecule has 0 N–H and O–H groups in total. The molecule has 1 unspecified atom stereocenters. The van der Waals surface area contributed by atoms with Crippen LogP contribution < -0.4 is 0 Å². The Morgan fingerprint density at radius 2 is 2.23 bits per heavy atom. The van der Waals surface area contributed by atoms with Crippen LogP contribution in [0.15, 0.2) is 0 Å². The second-order valence-electron chi connectivity index (χ2n) is 3.45. The van der Waals surface area contributed by atoms with Crippen molar-refractivity contribution >= 4 is 11.9 Å². The average molecular weight is 185 g/mol. The van der Waals surface area contributed by atoms with E-state index >= 15 is 0 Å². The third-order valence-corrected chi connectivity index (χ3v) is 2.33. The van der Waals surface area contributed by atoms with Crippen molar-refractivity contribution in [1.82, 2.24) is 4.90 Å². The molecule has 1 aliphatic rings. The van der Waals surface area contributed by atoms with E-state index in [0.29, 0.717) is 6.42 Å². The Morgan fingerprint density at radius 3 is 2.69 bits per heavy atom. The summed E-state index contributed by atoms with van der Waals surface area (Å²) < 4.78 is 4.46. The molecule has 1 rings (SSSR count). The SMILES string of the molecule is CC(=O)OC(=O)CC1CCCN1C. The first kappa shape index (κ1) is 10.2. The molecule has 0 radical (unpaired) electrons. The lowest BCUT2D eigenvalue weighted by Gasteiger charge is -2.17. The van der Waals surface area contributed by atoms with E-state index in [9.17, 15) is 9.59 Å². The monoisotopic (exact) mass is 185 g/mol. The molecule has 0 amide bonds. The van der Waals surface area contributed by atoms with Crippen molar-refractivity contribution in [2.45, 2.75) is 32.2 Å². The minimum Gasteiger partial charge on any atom is -0.393 e. The normalized spacial score (nSPS) is 23.1. The summed E-state index contributed by atoms with van der Waals surface area (Å²) in [7, 11) is 1.98. The number of carbonyl (C=O) groups excluding carboxylic acids is 2. The topological polar surface area (TPSA) is 46.6 Å². The number of carbonyl (C=O) groups is 2. The predicted octanol–water partition coefficient (Wildman–Crippen LogP) is 0.560.